The first-order valence-corrected chi connectivity index (χ1v) is 15.2. The molecule has 46 heavy (non-hydrogen) atoms. The SMILES string of the molecule is Oc1ccncc1-c1nc2c(-c3cccc(-c4cc(-c5ccc(-c6ccccc6)cc5)ccn4)c3)cccc2n1-c1ccccc1. The molecule has 5 nitrogen and oxygen atoms in total. The van der Waals surface area contributed by atoms with E-state index in [-0.39, 0.29) is 5.75 Å². The number of aromatic hydroxyl groups is 1. The van der Waals surface area contributed by atoms with Gasteiger partial charge in [-0.1, -0.05) is 103 Å². The van der Waals surface area contributed by atoms with Gasteiger partial charge in [-0.05, 0) is 70.3 Å². The minimum atomic E-state index is 0.131. The van der Waals surface area contributed by atoms with Crippen LogP contribution in [0.4, 0.5) is 0 Å². The van der Waals surface area contributed by atoms with Gasteiger partial charge in [0.25, 0.3) is 0 Å². The fraction of sp³-hybridized carbons (Fsp3) is 0. The Hall–Kier alpha value is -6.33. The van der Waals surface area contributed by atoms with Gasteiger partial charge >= 0.3 is 0 Å². The second-order valence-corrected chi connectivity index (χ2v) is 11.1. The Morgan fingerprint density at radius 1 is 0.500 bits per heavy atom. The van der Waals surface area contributed by atoms with Crippen LogP contribution in [0.25, 0.3) is 72.7 Å². The van der Waals surface area contributed by atoms with Crippen LogP contribution in [0.2, 0.25) is 0 Å². The summed E-state index contributed by atoms with van der Waals surface area (Å²) in [6.45, 7) is 0. The molecular weight excluding hydrogens is 564 g/mol. The quantitative estimate of drug-likeness (QED) is 0.209. The summed E-state index contributed by atoms with van der Waals surface area (Å²) in [6.07, 6.45) is 5.11. The summed E-state index contributed by atoms with van der Waals surface area (Å²) in [5.41, 5.74) is 11.9. The van der Waals surface area contributed by atoms with E-state index in [1.165, 1.54) is 11.1 Å². The van der Waals surface area contributed by atoms with E-state index >= 15 is 0 Å². The number of nitrogens with zero attached hydrogens (tertiary/aromatic N) is 4. The van der Waals surface area contributed by atoms with Crippen LogP contribution in [0.1, 0.15) is 0 Å². The Kier molecular flexibility index (Phi) is 6.89. The van der Waals surface area contributed by atoms with E-state index < -0.39 is 0 Å². The van der Waals surface area contributed by atoms with Gasteiger partial charge in [-0.25, -0.2) is 4.98 Å². The van der Waals surface area contributed by atoms with Crippen molar-refractivity contribution in [3.63, 3.8) is 0 Å². The number of aromatic nitrogens is 4. The average molecular weight is 593 g/mol. The highest BCUT2D eigenvalue weighted by Gasteiger charge is 2.20. The van der Waals surface area contributed by atoms with Gasteiger partial charge in [0.05, 0.1) is 22.3 Å². The minimum absolute atomic E-state index is 0.131. The van der Waals surface area contributed by atoms with Crippen molar-refractivity contribution in [2.45, 2.75) is 0 Å². The molecule has 1 N–H and O–H groups in total. The molecule has 3 heterocycles. The standard InChI is InChI=1S/C41H28N4O/c46-39-22-23-42-27-36(39)41-44-40-35(15-8-16-38(40)45(41)34-13-5-2-6-14-34)32-11-7-12-33(25-32)37-26-31(21-24-43-37)30-19-17-29(18-20-30)28-9-3-1-4-10-28/h1-27H,(H,42,46). The normalized spacial score (nSPS) is 11.1. The topological polar surface area (TPSA) is 63.8 Å². The lowest BCUT2D eigenvalue weighted by atomic mass is 9.98. The molecule has 0 unspecified atom stereocenters. The molecule has 0 spiro atoms. The van der Waals surface area contributed by atoms with Crippen LogP contribution in [0.15, 0.2) is 164 Å². The Labute approximate surface area is 266 Å². The van der Waals surface area contributed by atoms with Crippen molar-refractivity contribution >= 4 is 11.0 Å². The van der Waals surface area contributed by atoms with Crippen molar-refractivity contribution in [2.75, 3.05) is 0 Å². The lowest BCUT2D eigenvalue weighted by Crippen LogP contribution is -1.97. The Morgan fingerprint density at radius 2 is 1.17 bits per heavy atom. The molecule has 0 aliphatic carbocycles. The fourth-order valence-corrected chi connectivity index (χ4v) is 6.01. The molecule has 8 rings (SSSR count). The largest absolute Gasteiger partial charge is 0.507 e. The molecule has 0 saturated heterocycles. The van der Waals surface area contributed by atoms with Gasteiger partial charge in [-0.3, -0.25) is 14.5 Å². The molecule has 5 aromatic carbocycles. The van der Waals surface area contributed by atoms with E-state index in [0.717, 1.165) is 50.2 Å². The first-order chi connectivity index (χ1) is 22.7. The van der Waals surface area contributed by atoms with Crippen molar-refractivity contribution in [3.8, 4) is 67.5 Å². The second-order valence-electron chi connectivity index (χ2n) is 11.1. The highest BCUT2D eigenvalue weighted by molar-refractivity contribution is 5.96. The summed E-state index contributed by atoms with van der Waals surface area (Å²) in [4.78, 5) is 14.2. The number of rotatable bonds is 6. The lowest BCUT2D eigenvalue weighted by molar-refractivity contribution is 0.476. The zero-order chi connectivity index (χ0) is 30.9. The maximum Gasteiger partial charge on any atom is 0.151 e. The second kappa shape index (κ2) is 11.6. The summed E-state index contributed by atoms with van der Waals surface area (Å²) in [6, 6.07) is 49.6. The summed E-state index contributed by atoms with van der Waals surface area (Å²) in [5.74, 6) is 0.759. The number of fused-ring (bicyclic) bond motifs is 1. The van der Waals surface area contributed by atoms with Crippen LogP contribution >= 0.6 is 0 Å². The number of para-hydroxylation sites is 2. The number of pyridine rings is 2. The van der Waals surface area contributed by atoms with Crippen molar-refractivity contribution < 1.29 is 5.11 Å². The zero-order valence-corrected chi connectivity index (χ0v) is 24.8. The number of benzene rings is 5. The third-order valence-electron chi connectivity index (χ3n) is 8.29. The van der Waals surface area contributed by atoms with Gasteiger partial charge in [0.2, 0.25) is 0 Å². The van der Waals surface area contributed by atoms with Crippen LogP contribution in [-0.2, 0) is 0 Å². The minimum Gasteiger partial charge on any atom is -0.507 e. The van der Waals surface area contributed by atoms with Crippen molar-refractivity contribution in [1.82, 2.24) is 19.5 Å². The molecular formula is C41H28N4O. The lowest BCUT2D eigenvalue weighted by Gasteiger charge is -2.11. The molecule has 0 radical (unpaired) electrons. The van der Waals surface area contributed by atoms with E-state index in [9.17, 15) is 5.11 Å². The van der Waals surface area contributed by atoms with Crippen molar-refractivity contribution in [2.24, 2.45) is 0 Å². The molecule has 0 aliphatic rings. The molecule has 8 aromatic rings. The maximum absolute atomic E-state index is 10.8. The Balaban J connectivity index is 1.20. The maximum atomic E-state index is 10.8. The number of imidazole rings is 1. The fourth-order valence-electron chi connectivity index (χ4n) is 6.01. The zero-order valence-electron chi connectivity index (χ0n) is 24.8. The first-order valence-electron chi connectivity index (χ1n) is 15.2. The third kappa shape index (κ3) is 5.00. The average Bonchev–Trinajstić information content (AvgIpc) is 3.52. The van der Waals surface area contributed by atoms with Crippen molar-refractivity contribution in [1.29, 1.82) is 0 Å². The Bertz CT molecular complexity index is 2310. The molecule has 3 aromatic heterocycles. The van der Waals surface area contributed by atoms with Crippen LogP contribution < -0.4 is 0 Å². The van der Waals surface area contributed by atoms with Crippen LogP contribution in [0.3, 0.4) is 0 Å². The van der Waals surface area contributed by atoms with E-state index in [0.29, 0.717) is 11.4 Å². The number of hydrogen-bond acceptors (Lipinski definition) is 4. The predicted octanol–water partition coefficient (Wildman–Crippen LogP) is 9.86. The van der Waals surface area contributed by atoms with E-state index in [1.807, 2.05) is 42.6 Å². The van der Waals surface area contributed by atoms with Gasteiger partial charge in [-0.2, -0.15) is 0 Å². The first kappa shape index (κ1) is 27.2. The van der Waals surface area contributed by atoms with Gasteiger partial charge in [0.1, 0.15) is 5.75 Å². The molecule has 0 saturated carbocycles. The van der Waals surface area contributed by atoms with Crippen LogP contribution in [-0.4, -0.2) is 24.6 Å². The smallest absolute Gasteiger partial charge is 0.151 e. The monoisotopic (exact) mass is 592 g/mol. The summed E-state index contributed by atoms with van der Waals surface area (Å²) < 4.78 is 2.08. The van der Waals surface area contributed by atoms with Crippen LogP contribution in [0.5, 0.6) is 5.75 Å². The molecule has 0 amide bonds. The summed E-state index contributed by atoms with van der Waals surface area (Å²) in [7, 11) is 0. The highest BCUT2D eigenvalue weighted by atomic mass is 16.3. The highest BCUT2D eigenvalue weighted by Crippen LogP contribution is 2.38. The summed E-state index contributed by atoms with van der Waals surface area (Å²) in [5, 5.41) is 10.8. The van der Waals surface area contributed by atoms with Crippen LogP contribution in [0, 0.1) is 0 Å². The molecule has 0 atom stereocenters. The van der Waals surface area contributed by atoms with E-state index in [2.05, 4.69) is 113 Å². The van der Waals surface area contributed by atoms with E-state index in [4.69, 9.17) is 9.97 Å². The molecule has 5 heteroatoms. The summed E-state index contributed by atoms with van der Waals surface area (Å²) >= 11 is 0. The molecule has 0 aliphatic heterocycles. The third-order valence-corrected chi connectivity index (χ3v) is 8.29. The predicted molar refractivity (Wildman–Crippen MR) is 186 cm³/mol. The van der Waals surface area contributed by atoms with E-state index in [1.54, 1.807) is 18.5 Å². The molecule has 218 valence electrons. The Morgan fingerprint density at radius 3 is 1.96 bits per heavy atom. The van der Waals surface area contributed by atoms with Crippen molar-refractivity contribution in [3.05, 3.63) is 164 Å². The van der Waals surface area contributed by atoms with Gasteiger partial charge in [-0.15, -0.1) is 0 Å². The molecule has 0 bridgehead atoms. The number of hydrogen-bond donors (Lipinski definition) is 1. The van der Waals surface area contributed by atoms with Gasteiger partial charge < -0.3 is 5.11 Å². The van der Waals surface area contributed by atoms with Gasteiger partial charge in [0, 0.05) is 35.4 Å². The van der Waals surface area contributed by atoms with Gasteiger partial charge in [0.15, 0.2) is 5.82 Å². The molecule has 0 fully saturated rings.